The van der Waals surface area contributed by atoms with Crippen LogP contribution in [0.1, 0.15) is 16.1 Å². The molecule has 0 aliphatic heterocycles. The molecule has 0 saturated heterocycles. The summed E-state index contributed by atoms with van der Waals surface area (Å²) in [6.45, 7) is 2.10. The third kappa shape index (κ3) is 4.18. The average molecular weight is 320 g/mol. The van der Waals surface area contributed by atoms with E-state index < -0.39 is 5.69 Å². The van der Waals surface area contributed by atoms with Gasteiger partial charge in [-0.15, -0.1) is 11.3 Å². The third-order valence-electron chi connectivity index (χ3n) is 2.58. The van der Waals surface area contributed by atoms with E-state index in [1.165, 1.54) is 0 Å². The van der Waals surface area contributed by atoms with Gasteiger partial charge in [0.05, 0.1) is 12.3 Å². The van der Waals surface area contributed by atoms with Crippen LogP contribution in [0.15, 0.2) is 27.3 Å². The van der Waals surface area contributed by atoms with Crippen LogP contribution in [0.4, 0.5) is 0 Å². The highest BCUT2D eigenvalue weighted by molar-refractivity contribution is 8.00. The van der Waals surface area contributed by atoms with Crippen molar-refractivity contribution < 1.29 is 4.79 Å². The lowest BCUT2D eigenvalue weighted by Crippen LogP contribution is -2.24. The van der Waals surface area contributed by atoms with Crippen LogP contribution in [0.5, 0.6) is 0 Å². The van der Waals surface area contributed by atoms with Crippen molar-refractivity contribution in [2.75, 3.05) is 5.75 Å². The summed E-state index contributed by atoms with van der Waals surface area (Å²) in [5.74, 6) is -0.0623. The van der Waals surface area contributed by atoms with Crippen LogP contribution >= 0.6 is 23.1 Å². The minimum Gasteiger partial charge on any atom is -0.350 e. The first-order valence-corrected chi connectivity index (χ1v) is 7.89. The van der Waals surface area contributed by atoms with E-state index in [2.05, 4.69) is 15.3 Å². The Morgan fingerprint density at radius 3 is 3.10 bits per heavy atom. The van der Waals surface area contributed by atoms with Crippen molar-refractivity contribution in [2.24, 2.45) is 0 Å². The molecule has 2 N–H and O–H groups in total. The van der Waals surface area contributed by atoms with Crippen LogP contribution in [0, 0.1) is 18.3 Å². The van der Waals surface area contributed by atoms with Crippen LogP contribution in [0.3, 0.4) is 0 Å². The Hall–Kier alpha value is -2.11. The first kappa shape index (κ1) is 15.3. The molecule has 0 aliphatic carbocycles. The SMILES string of the molecule is Cc1[nH]c(=O)nc(SCC(=O)NCc2cccs2)c1C#N. The van der Waals surface area contributed by atoms with Crippen molar-refractivity contribution in [3.8, 4) is 6.07 Å². The summed E-state index contributed by atoms with van der Waals surface area (Å²) in [7, 11) is 0. The average Bonchev–Trinajstić information content (AvgIpc) is 2.95. The van der Waals surface area contributed by atoms with Gasteiger partial charge in [0.15, 0.2) is 0 Å². The molecule has 0 bridgehead atoms. The Morgan fingerprint density at radius 1 is 1.62 bits per heavy atom. The number of nitrogens with one attached hydrogen (secondary N) is 2. The Kier molecular flexibility index (Phi) is 5.14. The third-order valence-corrected chi connectivity index (χ3v) is 4.43. The molecule has 0 saturated carbocycles. The molecule has 0 aromatic carbocycles. The summed E-state index contributed by atoms with van der Waals surface area (Å²) < 4.78 is 0. The van der Waals surface area contributed by atoms with E-state index in [9.17, 15) is 9.59 Å². The highest BCUT2D eigenvalue weighted by Gasteiger charge is 2.12. The molecule has 2 rings (SSSR count). The number of nitrogens with zero attached hydrogens (tertiary/aromatic N) is 2. The molecular weight excluding hydrogens is 308 g/mol. The van der Waals surface area contributed by atoms with Gasteiger partial charge in [0.2, 0.25) is 5.91 Å². The fourth-order valence-corrected chi connectivity index (χ4v) is 3.08. The number of thioether (sulfide) groups is 1. The van der Waals surface area contributed by atoms with E-state index in [1.807, 2.05) is 23.6 Å². The summed E-state index contributed by atoms with van der Waals surface area (Å²) in [5.41, 5.74) is 0.234. The molecule has 0 radical (unpaired) electrons. The molecule has 2 heterocycles. The van der Waals surface area contributed by atoms with E-state index in [1.54, 1.807) is 18.3 Å². The number of rotatable bonds is 5. The van der Waals surface area contributed by atoms with Gasteiger partial charge in [0, 0.05) is 10.6 Å². The van der Waals surface area contributed by atoms with Gasteiger partial charge in [-0.2, -0.15) is 10.2 Å². The Morgan fingerprint density at radius 2 is 2.43 bits per heavy atom. The van der Waals surface area contributed by atoms with E-state index in [0.717, 1.165) is 16.6 Å². The highest BCUT2D eigenvalue weighted by Crippen LogP contribution is 2.19. The Bertz CT molecular complexity index is 732. The quantitative estimate of drug-likeness (QED) is 0.641. The summed E-state index contributed by atoms with van der Waals surface area (Å²) in [6, 6.07) is 5.84. The monoisotopic (exact) mass is 320 g/mol. The van der Waals surface area contributed by atoms with Crippen LogP contribution in [0.25, 0.3) is 0 Å². The van der Waals surface area contributed by atoms with E-state index in [0.29, 0.717) is 17.8 Å². The molecule has 0 fully saturated rings. The van der Waals surface area contributed by atoms with Crippen molar-refractivity contribution in [1.29, 1.82) is 5.26 Å². The number of carbonyl (C=O) groups excluding carboxylic acids is 1. The van der Waals surface area contributed by atoms with Crippen molar-refractivity contribution in [3.63, 3.8) is 0 Å². The molecule has 1 amide bonds. The molecule has 108 valence electrons. The van der Waals surface area contributed by atoms with Gasteiger partial charge in [0.1, 0.15) is 16.7 Å². The molecule has 0 spiro atoms. The lowest BCUT2D eigenvalue weighted by molar-refractivity contribution is -0.118. The maximum atomic E-state index is 11.8. The number of thiophene rings is 1. The number of hydrogen-bond donors (Lipinski definition) is 2. The smallest absolute Gasteiger partial charge is 0.346 e. The molecule has 6 nitrogen and oxygen atoms in total. The first-order valence-electron chi connectivity index (χ1n) is 6.03. The fraction of sp³-hybridized carbons (Fsp3) is 0.231. The zero-order chi connectivity index (χ0) is 15.2. The van der Waals surface area contributed by atoms with Crippen molar-refractivity contribution in [1.82, 2.24) is 15.3 Å². The first-order chi connectivity index (χ1) is 10.1. The van der Waals surface area contributed by atoms with E-state index in [-0.39, 0.29) is 16.7 Å². The Balaban J connectivity index is 1.95. The zero-order valence-corrected chi connectivity index (χ0v) is 12.8. The lowest BCUT2D eigenvalue weighted by atomic mass is 10.3. The zero-order valence-electron chi connectivity index (χ0n) is 11.2. The van der Waals surface area contributed by atoms with Crippen LogP contribution < -0.4 is 11.0 Å². The molecular formula is C13H12N4O2S2. The summed E-state index contributed by atoms with van der Waals surface area (Å²) in [4.78, 5) is 30.3. The molecule has 8 heteroatoms. The number of amides is 1. The number of carbonyl (C=O) groups is 1. The standard InChI is InChI=1S/C13H12N4O2S2/c1-8-10(5-14)12(17-13(19)16-8)21-7-11(18)15-6-9-3-2-4-20-9/h2-4H,6-7H2,1H3,(H,15,18)(H,16,17,19). The van der Waals surface area contributed by atoms with Gasteiger partial charge in [0.25, 0.3) is 0 Å². The predicted molar refractivity (Wildman–Crippen MR) is 81.2 cm³/mol. The molecule has 0 atom stereocenters. The maximum absolute atomic E-state index is 11.8. The minimum atomic E-state index is -0.520. The number of nitriles is 1. The second kappa shape index (κ2) is 7.06. The maximum Gasteiger partial charge on any atom is 0.346 e. The Labute approximate surface area is 129 Å². The van der Waals surface area contributed by atoms with Crippen LogP contribution in [-0.2, 0) is 11.3 Å². The van der Waals surface area contributed by atoms with Crippen LogP contribution in [-0.4, -0.2) is 21.6 Å². The van der Waals surface area contributed by atoms with Crippen molar-refractivity contribution in [2.45, 2.75) is 18.5 Å². The number of aromatic nitrogens is 2. The number of aromatic amines is 1. The van der Waals surface area contributed by atoms with Crippen LogP contribution in [0.2, 0.25) is 0 Å². The largest absolute Gasteiger partial charge is 0.350 e. The van der Waals surface area contributed by atoms with Gasteiger partial charge in [-0.3, -0.25) is 4.79 Å². The molecule has 0 unspecified atom stereocenters. The second-order valence-electron chi connectivity index (χ2n) is 4.10. The number of H-pyrrole nitrogens is 1. The summed E-state index contributed by atoms with van der Waals surface area (Å²) in [6.07, 6.45) is 0. The highest BCUT2D eigenvalue weighted by atomic mass is 32.2. The second-order valence-corrected chi connectivity index (χ2v) is 6.10. The van der Waals surface area contributed by atoms with Gasteiger partial charge in [-0.05, 0) is 18.4 Å². The van der Waals surface area contributed by atoms with Crippen molar-refractivity contribution in [3.05, 3.63) is 44.1 Å². The topological polar surface area (TPSA) is 98.6 Å². The number of hydrogen-bond acceptors (Lipinski definition) is 6. The molecule has 2 aromatic heterocycles. The van der Waals surface area contributed by atoms with E-state index >= 15 is 0 Å². The van der Waals surface area contributed by atoms with Crippen molar-refractivity contribution >= 4 is 29.0 Å². The molecule has 0 aliphatic rings. The minimum absolute atomic E-state index is 0.107. The van der Waals surface area contributed by atoms with E-state index in [4.69, 9.17) is 5.26 Å². The summed E-state index contributed by atoms with van der Waals surface area (Å²) >= 11 is 2.65. The summed E-state index contributed by atoms with van der Waals surface area (Å²) in [5, 5.41) is 14.1. The molecule has 2 aromatic rings. The lowest BCUT2D eigenvalue weighted by Gasteiger charge is -2.05. The number of aryl methyl sites for hydroxylation is 1. The predicted octanol–water partition coefficient (Wildman–Crippen LogP) is 1.42. The normalized spacial score (nSPS) is 10.1. The molecule has 21 heavy (non-hydrogen) atoms. The van der Waals surface area contributed by atoms with Gasteiger partial charge in [-0.25, -0.2) is 4.79 Å². The van der Waals surface area contributed by atoms with Gasteiger partial charge < -0.3 is 10.3 Å². The van der Waals surface area contributed by atoms with Gasteiger partial charge >= 0.3 is 5.69 Å². The van der Waals surface area contributed by atoms with Gasteiger partial charge in [-0.1, -0.05) is 17.8 Å². The fourth-order valence-electron chi connectivity index (χ4n) is 1.58.